The van der Waals surface area contributed by atoms with Crippen LogP contribution in [0.4, 0.5) is 5.13 Å². The molecule has 2 heterocycles. The van der Waals surface area contributed by atoms with Crippen LogP contribution in [-0.4, -0.2) is 41.4 Å². The number of rotatable bonds is 7. The Bertz CT molecular complexity index is 891. The lowest BCUT2D eigenvalue weighted by Gasteiger charge is -2.31. The van der Waals surface area contributed by atoms with Gasteiger partial charge >= 0.3 is 0 Å². The van der Waals surface area contributed by atoms with Crippen molar-refractivity contribution in [3.8, 4) is 5.75 Å². The fourth-order valence-electron chi connectivity index (χ4n) is 4.37. The first-order chi connectivity index (χ1) is 15.1. The lowest BCUT2D eigenvalue weighted by atomic mass is 9.89. The Hall–Kier alpha value is -2.41. The van der Waals surface area contributed by atoms with E-state index in [2.05, 4.69) is 17.2 Å². The highest BCUT2D eigenvalue weighted by Gasteiger charge is 2.28. The molecule has 166 valence electrons. The number of hydrogen-bond donors (Lipinski definition) is 1. The molecular formula is C24H31N3O3S. The van der Waals surface area contributed by atoms with Crippen LogP contribution >= 0.6 is 11.3 Å². The zero-order valence-electron chi connectivity index (χ0n) is 18.1. The number of carbonyl (C=O) groups is 2. The molecule has 31 heavy (non-hydrogen) atoms. The second kappa shape index (κ2) is 10.3. The molecule has 1 aliphatic carbocycles. The van der Waals surface area contributed by atoms with Gasteiger partial charge in [-0.15, -0.1) is 11.3 Å². The molecule has 0 radical (unpaired) electrons. The van der Waals surface area contributed by atoms with Gasteiger partial charge in [0, 0.05) is 23.9 Å². The van der Waals surface area contributed by atoms with Gasteiger partial charge < -0.3 is 15.0 Å². The van der Waals surface area contributed by atoms with Crippen LogP contribution in [0.2, 0.25) is 0 Å². The van der Waals surface area contributed by atoms with E-state index in [4.69, 9.17) is 4.74 Å². The number of para-hydroxylation sites is 1. The van der Waals surface area contributed by atoms with Gasteiger partial charge in [0.15, 0.2) is 5.13 Å². The molecule has 4 rings (SSSR count). The van der Waals surface area contributed by atoms with Crippen molar-refractivity contribution >= 4 is 28.3 Å². The van der Waals surface area contributed by atoms with Gasteiger partial charge in [0.1, 0.15) is 5.75 Å². The Morgan fingerprint density at radius 3 is 2.71 bits per heavy atom. The van der Waals surface area contributed by atoms with Crippen LogP contribution < -0.4 is 10.1 Å². The van der Waals surface area contributed by atoms with E-state index >= 15 is 0 Å². The van der Waals surface area contributed by atoms with E-state index in [1.54, 1.807) is 11.3 Å². The predicted octanol–water partition coefficient (Wildman–Crippen LogP) is 4.30. The van der Waals surface area contributed by atoms with Gasteiger partial charge in [0.25, 0.3) is 0 Å². The molecule has 2 aromatic rings. The average molecular weight is 442 g/mol. The summed E-state index contributed by atoms with van der Waals surface area (Å²) in [6.45, 7) is 3.85. The van der Waals surface area contributed by atoms with Gasteiger partial charge in [-0.25, -0.2) is 4.98 Å². The van der Waals surface area contributed by atoms with Crippen molar-refractivity contribution in [1.29, 1.82) is 0 Å². The molecule has 1 aromatic carbocycles. The Morgan fingerprint density at radius 1 is 1.19 bits per heavy atom. The summed E-state index contributed by atoms with van der Waals surface area (Å²) in [5.41, 5.74) is 1.17. The molecular weight excluding hydrogens is 410 g/mol. The monoisotopic (exact) mass is 441 g/mol. The van der Waals surface area contributed by atoms with Crippen molar-refractivity contribution in [2.24, 2.45) is 11.8 Å². The predicted molar refractivity (Wildman–Crippen MR) is 122 cm³/mol. The number of aryl methyl sites for hydroxylation is 1. The third-order valence-corrected chi connectivity index (χ3v) is 7.43. The summed E-state index contributed by atoms with van der Waals surface area (Å²) in [4.78, 5) is 33.1. The van der Waals surface area contributed by atoms with Gasteiger partial charge in [-0.2, -0.15) is 0 Å². The van der Waals surface area contributed by atoms with Crippen molar-refractivity contribution in [2.45, 2.75) is 51.9 Å². The molecule has 1 aromatic heterocycles. The van der Waals surface area contributed by atoms with E-state index in [9.17, 15) is 9.59 Å². The maximum absolute atomic E-state index is 12.7. The van der Waals surface area contributed by atoms with Gasteiger partial charge in [0.2, 0.25) is 11.8 Å². The summed E-state index contributed by atoms with van der Waals surface area (Å²) in [6, 6.07) is 9.53. The number of nitrogens with one attached hydrogen (secondary N) is 1. The number of benzene rings is 1. The second-order valence-corrected chi connectivity index (χ2v) is 9.55. The Kier molecular flexibility index (Phi) is 7.22. The highest BCUT2D eigenvalue weighted by atomic mass is 32.1. The number of piperidine rings is 1. The number of ether oxygens (including phenoxy) is 1. The van der Waals surface area contributed by atoms with Gasteiger partial charge in [0.05, 0.1) is 18.7 Å². The summed E-state index contributed by atoms with van der Waals surface area (Å²) >= 11 is 1.64. The minimum Gasteiger partial charge on any atom is -0.493 e. The Balaban J connectivity index is 1.20. The Labute approximate surface area is 188 Å². The van der Waals surface area contributed by atoms with Gasteiger partial charge in [-0.3, -0.25) is 9.59 Å². The maximum Gasteiger partial charge on any atom is 0.229 e. The van der Waals surface area contributed by atoms with Crippen LogP contribution in [0.5, 0.6) is 5.75 Å². The average Bonchev–Trinajstić information content (AvgIpc) is 3.21. The Morgan fingerprint density at radius 2 is 1.97 bits per heavy atom. The van der Waals surface area contributed by atoms with Gasteiger partial charge in [-0.1, -0.05) is 31.5 Å². The smallest absolute Gasteiger partial charge is 0.229 e. The number of aromatic nitrogens is 1. The number of carbonyl (C=O) groups excluding carboxylic acids is 2. The first-order valence-electron chi connectivity index (χ1n) is 11.4. The van der Waals surface area contributed by atoms with Crippen molar-refractivity contribution in [2.75, 3.05) is 25.0 Å². The van der Waals surface area contributed by atoms with Crippen LogP contribution in [0.15, 0.2) is 30.3 Å². The van der Waals surface area contributed by atoms with E-state index in [0.717, 1.165) is 29.6 Å². The molecule has 1 aliphatic heterocycles. The minimum absolute atomic E-state index is 0.0395. The first kappa shape index (κ1) is 21.8. The molecule has 1 unspecified atom stereocenters. The van der Waals surface area contributed by atoms with E-state index in [1.807, 2.05) is 35.2 Å². The van der Waals surface area contributed by atoms with Crippen molar-refractivity contribution in [3.05, 3.63) is 40.9 Å². The molecule has 1 atom stereocenters. The molecule has 0 spiro atoms. The molecule has 1 N–H and O–H groups in total. The standard InChI is InChI=1S/C24H31N3O3S/c1-2-17-8-9-20-21(16-17)31-24(25-20)26-23(29)18-10-13-27(14-11-18)22(28)12-15-30-19-6-4-3-5-7-19/h3-7,17-18H,2,8-16H2,1H3,(H,25,26,29). The number of amides is 2. The summed E-state index contributed by atoms with van der Waals surface area (Å²) in [5, 5.41) is 3.78. The van der Waals surface area contributed by atoms with Crippen molar-refractivity contribution < 1.29 is 14.3 Å². The highest BCUT2D eigenvalue weighted by Crippen LogP contribution is 2.34. The number of hydrogen-bond acceptors (Lipinski definition) is 5. The van der Waals surface area contributed by atoms with E-state index in [0.29, 0.717) is 39.0 Å². The zero-order chi connectivity index (χ0) is 21.6. The van der Waals surface area contributed by atoms with Gasteiger partial charge in [-0.05, 0) is 50.2 Å². The van der Waals surface area contributed by atoms with E-state index in [1.165, 1.54) is 23.4 Å². The van der Waals surface area contributed by atoms with Crippen LogP contribution in [-0.2, 0) is 22.4 Å². The molecule has 1 saturated heterocycles. The lowest BCUT2D eigenvalue weighted by molar-refractivity contribution is -0.135. The summed E-state index contributed by atoms with van der Waals surface area (Å²) in [7, 11) is 0. The largest absolute Gasteiger partial charge is 0.493 e. The third-order valence-electron chi connectivity index (χ3n) is 6.40. The zero-order valence-corrected chi connectivity index (χ0v) is 19.0. The molecule has 7 heteroatoms. The first-order valence-corrected chi connectivity index (χ1v) is 12.2. The molecule has 0 saturated carbocycles. The second-order valence-electron chi connectivity index (χ2n) is 8.46. The van der Waals surface area contributed by atoms with E-state index in [-0.39, 0.29) is 17.7 Å². The summed E-state index contributed by atoms with van der Waals surface area (Å²) in [6.07, 6.45) is 6.26. The summed E-state index contributed by atoms with van der Waals surface area (Å²) in [5.74, 6) is 1.59. The number of fused-ring (bicyclic) bond motifs is 1. The topological polar surface area (TPSA) is 71.5 Å². The maximum atomic E-state index is 12.7. The van der Waals surface area contributed by atoms with Crippen LogP contribution in [0.25, 0.3) is 0 Å². The SMILES string of the molecule is CCC1CCc2nc(NC(=O)C3CCN(C(=O)CCOc4ccccc4)CC3)sc2C1. The van der Waals surface area contributed by atoms with Crippen LogP contribution in [0, 0.1) is 11.8 Å². The number of likely N-dealkylation sites (tertiary alicyclic amines) is 1. The molecule has 0 bridgehead atoms. The molecule has 1 fully saturated rings. The van der Waals surface area contributed by atoms with Crippen molar-refractivity contribution in [3.63, 3.8) is 0 Å². The third kappa shape index (κ3) is 5.64. The fourth-order valence-corrected chi connectivity index (χ4v) is 5.50. The van der Waals surface area contributed by atoms with Crippen molar-refractivity contribution in [1.82, 2.24) is 9.88 Å². The highest BCUT2D eigenvalue weighted by molar-refractivity contribution is 7.15. The van der Waals surface area contributed by atoms with E-state index < -0.39 is 0 Å². The van der Waals surface area contributed by atoms with Crippen LogP contribution in [0.1, 0.15) is 49.6 Å². The fraction of sp³-hybridized carbons (Fsp3) is 0.542. The summed E-state index contributed by atoms with van der Waals surface area (Å²) < 4.78 is 5.62. The molecule has 6 nitrogen and oxygen atoms in total. The number of nitrogens with zero attached hydrogens (tertiary/aromatic N) is 2. The van der Waals surface area contributed by atoms with Crippen LogP contribution in [0.3, 0.4) is 0 Å². The number of thiazole rings is 1. The normalized spacial score (nSPS) is 19.0. The molecule has 2 aliphatic rings. The lowest BCUT2D eigenvalue weighted by Crippen LogP contribution is -2.41. The number of anilines is 1. The quantitative estimate of drug-likeness (QED) is 0.695. The molecule has 2 amide bonds. The minimum atomic E-state index is -0.0612.